The van der Waals surface area contributed by atoms with Gasteiger partial charge in [-0.25, -0.2) is 0 Å². The minimum Gasteiger partial charge on any atom is -0.480 e. The molecule has 0 aliphatic heterocycles. The number of hydrogen-bond donors (Lipinski definition) is 4. The molecule has 1 aromatic carbocycles. The molecule has 4 saturated carbocycles. The zero-order chi connectivity index (χ0) is 21.3. The Morgan fingerprint density at radius 2 is 1.77 bits per heavy atom. The molecule has 6 nitrogen and oxygen atoms in total. The van der Waals surface area contributed by atoms with Crippen LogP contribution in [0.4, 0.5) is 5.69 Å². The fraction of sp³-hybridized carbons (Fsp3) is 0.652. The fourth-order valence-corrected chi connectivity index (χ4v) is 6.46. The van der Waals surface area contributed by atoms with E-state index in [9.17, 15) is 9.59 Å². The van der Waals surface area contributed by atoms with Crippen molar-refractivity contribution in [1.82, 2.24) is 10.6 Å². The molecule has 164 valence electrons. The van der Waals surface area contributed by atoms with Crippen molar-refractivity contribution in [2.45, 2.75) is 51.5 Å². The molecule has 4 aliphatic rings. The van der Waals surface area contributed by atoms with Gasteiger partial charge in [-0.15, -0.1) is 0 Å². The van der Waals surface area contributed by atoms with Gasteiger partial charge in [0.25, 0.3) is 5.91 Å². The van der Waals surface area contributed by atoms with Gasteiger partial charge in [-0.3, -0.25) is 9.59 Å². The molecular weight excluding hydrogens is 402 g/mol. The lowest BCUT2D eigenvalue weighted by molar-refractivity contribution is -0.138. The van der Waals surface area contributed by atoms with Crippen LogP contribution >= 0.6 is 11.6 Å². The standard InChI is InChI=1S/C23H32ClN3O3/c1-14(22(29)30)25-4-5-26-18-2-3-20(24)19(9-18)21(28)27-13-23-10-15-6-16(11-23)8-17(7-15)12-23/h2-3,9,14-17,25-26H,4-8,10-13H2,1H3,(H,27,28)(H,29,30). The predicted molar refractivity (Wildman–Crippen MR) is 118 cm³/mol. The van der Waals surface area contributed by atoms with E-state index >= 15 is 0 Å². The first kappa shape index (κ1) is 21.4. The third kappa shape index (κ3) is 4.75. The maximum Gasteiger partial charge on any atom is 0.320 e. The van der Waals surface area contributed by atoms with Crippen molar-refractivity contribution in [3.8, 4) is 0 Å². The summed E-state index contributed by atoms with van der Waals surface area (Å²) in [5.74, 6) is 1.60. The quantitative estimate of drug-likeness (QED) is 0.445. The number of amides is 1. The van der Waals surface area contributed by atoms with Gasteiger partial charge in [0.2, 0.25) is 0 Å². The van der Waals surface area contributed by atoms with Crippen molar-refractivity contribution in [3.63, 3.8) is 0 Å². The largest absolute Gasteiger partial charge is 0.480 e. The van der Waals surface area contributed by atoms with Crippen molar-refractivity contribution >= 4 is 29.2 Å². The third-order valence-electron chi connectivity index (χ3n) is 7.28. The van der Waals surface area contributed by atoms with Gasteiger partial charge in [0.05, 0.1) is 10.6 Å². The van der Waals surface area contributed by atoms with Gasteiger partial charge < -0.3 is 21.1 Å². The molecule has 4 fully saturated rings. The van der Waals surface area contributed by atoms with Gasteiger partial charge >= 0.3 is 5.97 Å². The van der Waals surface area contributed by atoms with Crippen LogP contribution in [-0.4, -0.2) is 42.7 Å². The molecule has 1 atom stereocenters. The number of rotatable bonds is 9. The Labute approximate surface area is 183 Å². The number of benzene rings is 1. The van der Waals surface area contributed by atoms with E-state index in [1.165, 1.54) is 38.5 Å². The number of nitrogens with one attached hydrogen (secondary N) is 3. The molecule has 1 aromatic rings. The number of aliphatic carboxylic acids is 1. The molecular formula is C23H32ClN3O3. The highest BCUT2D eigenvalue weighted by Gasteiger charge is 2.50. The van der Waals surface area contributed by atoms with Crippen molar-refractivity contribution in [2.75, 3.05) is 25.0 Å². The molecule has 0 heterocycles. The monoisotopic (exact) mass is 433 g/mol. The molecule has 5 rings (SSSR count). The van der Waals surface area contributed by atoms with Gasteiger partial charge in [0.15, 0.2) is 0 Å². The molecule has 1 unspecified atom stereocenters. The summed E-state index contributed by atoms with van der Waals surface area (Å²) in [4.78, 5) is 23.7. The van der Waals surface area contributed by atoms with E-state index in [1.54, 1.807) is 19.1 Å². The van der Waals surface area contributed by atoms with Crippen molar-refractivity contribution in [3.05, 3.63) is 28.8 Å². The SMILES string of the molecule is CC(NCCNc1ccc(Cl)c(C(=O)NCC23CC4CC(CC(C4)C2)C3)c1)C(=O)O. The average Bonchev–Trinajstić information content (AvgIpc) is 2.69. The smallest absolute Gasteiger partial charge is 0.320 e. The van der Waals surface area contributed by atoms with Crippen LogP contribution in [-0.2, 0) is 4.79 Å². The summed E-state index contributed by atoms with van der Waals surface area (Å²) in [5.41, 5.74) is 1.57. The second-order valence-electron chi connectivity index (χ2n) is 9.74. The molecule has 0 radical (unpaired) electrons. The first-order chi connectivity index (χ1) is 14.3. The van der Waals surface area contributed by atoms with E-state index in [0.717, 1.165) is 30.0 Å². The van der Waals surface area contributed by atoms with E-state index in [4.69, 9.17) is 16.7 Å². The molecule has 4 N–H and O–H groups in total. The summed E-state index contributed by atoms with van der Waals surface area (Å²) in [7, 11) is 0. The summed E-state index contributed by atoms with van der Waals surface area (Å²) in [5, 5.41) is 18.7. The highest BCUT2D eigenvalue weighted by molar-refractivity contribution is 6.34. The minimum absolute atomic E-state index is 0.114. The van der Waals surface area contributed by atoms with Crippen molar-refractivity contribution < 1.29 is 14.7 Å². The van der Waals surface area contributed by atoms with Crippen LogP contribution in [0.15, 0.2) is 18.2 Å². The van der Waals surface area contributed by atoms with Gasteiger partial charge in [-0.2, -0.15) is 0 Å². The summed E-state index contributed by atoms with van der Waals surface area (Å²) < 4.78 is 0. The second-order valence-corrected chi connectivity index (χ2v) is 10.1. The van der Waals surface area contributed by atoms with Crippen LogP contribution < -0.4 is 16.0 Å². The molecule has 4 aliphatic carbocycles. The number of carboxylic acid groups (broad SMARTS) is 1. The van der Waals surface area contributed by atoms with E-state index < -0.39 is 12.0 Å². The highest BCUT2D eigenvalue weighted by atomic mass is 35.5. The summed E-state index contributed by atoms with van der Waals surface area (Å²) >= 11 is 6.32. The maximum absolute atomic E-state index is 12.9. The number of carbonyl (C=O) groups is 2. The topological polar surface area (TPSA) is 90.5 Å². The van der Waals surface area contributed by atoms with Crippen LogP contribution in [0.1, 0.15) is 55.8 Å². The number of hydrogen-bond acceptors (Lipinski definition) is 4. The fourth-order valence-electron chi connectivity index (χ4n) is 6.26. The Kier molecular flexibility index (Phi) is 6.26. The Morgan fingerprint density at radius 1 is 1.13 bits per heavy atom. The Balaban J connectivity index is 1.31. The lowest BCUT2D eigenvalue weighted by Crippen LogP contribution is -2.51. The third-order valence-corrected chi connectivity index (χ3v) is 7.60. The number of carboxylic acids is 1. The Morgan fingerprint density at radius 3 is 2.37 bits per heavy atom. The van der Waals surface area contributed by atoms with E-state index in [1.807, 2.05) is 6.07 Å². The Bertz CT molecular complexity index is 778. The molecule has 7 heteroatoms. The van der Waals surface area contributed by atoms with Crippen molar-refractivity contribution in [1.29, 1.82) is 0 Å². The van der Waals surface area contributed by atoms with Crippen LogP contribution in [0.5, 0.6) is 0 Å². The highest BCUT2D eigenvalue weighted by Crippen LogP contribution is 2.59. The Hall–Kier alpha value is -1.79. The van der Waals surface area contributed by atoms with Crippen LogP contribution in [0.25, 0.3) is 0 Å². The number of carbonyl (C=O) groups excluding carboxylic acids is 1. The van der Waals surface area contributed by atoms with E-state index in [0.29, 0.717) is 29.1 Å². The molecule has 1 amide bonds. The lowest BCUT2D eigenvalue weighted by atomic mass is 9.49. The number of anilines is 1. The molecule has 0 aromatic heterocycles. The van der Waals surface area contributed by atoms with E-state index in [2.05, 4.69) is 16.0 Å². The summed E-state index contributed by atoms with van der Waals surface area (Å²) in [6.45, 7) is 3.41. The first-order valence-corrected chi connectivity index (χ1v) is 11.5. The van der Waals surface area contributed by atoms with Gasteiger partial charge in [0, 0.05) is 25.3 Å². The number of halogens is 1. The molecule has 30 heavy (non-hydrogen) atoms. The average molecular weight is 434 g/mol. The van der Waals surface area contributed by atoms with Crippen LogP contribution in [0, 0.1) is 23.2 Å². The zero-order valence-electron chi connectivity index (χ0n) is 17.5. The summed E-state index contributed by atoms with van der Waals surface area (Å²) in [6, 6.07) is 4.75. The van der Waals surface area contributed by atoms with Gasteiger partial charge in [-0.05, 0) is 86.8 Å². The summed E-state index contributed by atoms with van der Waals surface area (Å²) in [6.07, 6.45) is 7.97. The van der Waals surface area contributed by atoms with Crippen LogP contribution in [0.3, 0.4) is 0 Å². The maximum atomic E-state index is 12.9. The lowest BCUT2D eigenvalue weighted by Gasteiger charge is -2.56. The van der Waals surface area contributed by atoms with Crippen molar-refractivity contribution in [2.24, 2.45) is 23.2 Å². The molecule has 4 bridgehead atoms. The zero-order valence-corrected chi connectivity index (χ0v) is 18.3. The van der Waals surface area contributed by atoms with Gasteiger partial charge in [0.1, 0.15) is 6.04 Å². The molecule has 0 saturated heterocycles. The normalized spacial score (nSPS) is 30.1. The minimum atomic E-state index is -0.875. The second kappa shape index (κ2) is 8.75. The predicted octanol–water partition coefficient (Wildman–Crippen LogP) is 3.76. The molecule has 0 spiro atoms. The first-order valence-electron chi connectivity index (χ1n) is 11.1. The van der Waals surface area contributed by atoms with E-state index in [-0.39, 0.29) is 5.91 Å². The van der Waals surface area contributed by atoms with Gasteiger partial charge in [-0.1, -0.05) is 11.6 Å². The van der Waals surface area contributed by atoms with Crippen LogP contribution in [0.2, 0.25) is 5.02 Å².